The molecular weight excluding hydrogens is 222 g/mol. The van der Waals surface area contributed by atoms with Crippen molar-refractivity contribution in [2.75, 3.05) is 33.4 Å². The third-order valence-corrected chi connectivity index (χ3v) is 3.02. The summed E-state index contributed by atoms with van der Waals surface area (Å²) in [6, 6.07) is 3.63. The number of rotatable bonds is 3. The predicted molar refractivity (Wildman–Crippen MR) is 60.9 cm³/mol. The fraction of sp³-hybridized carbons (Fsp3) is 0.583. The van der Waals surface area contributed by atoms with E-state index in [1.165, 1.54) is 7.11 Å². The normalized spacial score (nSPS) is 18.9. The number of ether oxygens (including phenoxy) is 2. The molecule has 1 fully saturated rings. The van der Waals surface area contributed by atoms with Crippen LogP contribution in [0.5, 0.6) is 0 Å². The van der Waals surface area contributed by atoms with Crippen molar-refractivity contribution >= 4 is 5.97 Å². The largest absolute Gasteiger partial charge is 0.463 e. The quantitative estimate of drug-likeness (QED) is 0.747. The summed E-state index contributed by atoms with van der Waals surface area (Å²) in [6.45, 7) is 5.32. The Bertz CT molecular complexity index is 382. The Labute approximate surface area is 100 Å². The fourth-order valence-electron chi connectivity index (χ4n) is 1.93. The van der Waals surface area contributed by atoms with Crippen molar-refractivity contribution < 1.29 is 18.7 Å². The molecule has 0 spiro atoms. The van der Waals surface area contributed by atoms with Crippen LogP contribution in [0, 0.1) is 0 Å². The lowest BCUT2D eigenvalue weighted by Gasteiger charge is -2.30. The number of furan rings is 1. The van der Waals surface area contributed by atoms with E-state index in [-0.39, 0.29) is 11.8 Å². The molecule has 5 heteroatoms. The zero-order chi connectivity index (χ0) is 12.3. The molecule has 0 amide bonds. The van der Waals surface area contributed by atoms with Crippen molar-refractivity contribution in [1.29, 1.82) is 0 Å². The van der Waals surface area contributed by atoms with Crippen LogP contribution in [0.3, 0.4) is 0 Å². The number of carbonyl (C=O) groups excluding carboxylic acids is 1. The number of nitrogens with zero attached hydrogens (tertiary/aromatic N) is 1. The van der Waals surface area contributed by atoms with Gasteiger partial charge in [0, 0.05) is 13.1 Å². The van der Waals surface area contributed by atoms with Crippen molar-refractivity contribution in [2.45, 2.75) is 13.0 Å². The molecule has 0 aliphatic carbocycles. The molecule has 0 saturated carbocycles. The van der Waals surface area contributed by atoms with Gasteiger partial charge in [-0.1, -0.05) is 0 Å². The van der Waals surface area contributed by atoms with Crippen LogP contribution < -0.4 is 0 Å². The summed E-state index contributed by atoms with van der Waals surface area (Å²) in [5.41, 5.74) is 0. The van der Waals surface area contributed by atoms with E-state index >= 15 is 0 Å². The van der Waals surface area contributed by atoms with E-state index < -0.39 is 5.97 Å². The van der Waals surface area contributed by atoms with Gasteiger partial charge in [0.1, 0.15) is 5.76 Å². The van der Waals surface area contributed by atoms with Crippen LogP contribution in [-0.2, 0) is 9.47 Å². The fourth-order valence-corrected chi connectivity index (χ4v) is 1.93. The van der Waals surface area contributed by atoms with Gasteiger partial charge in [0.05, 0.1) is 26.4 Å². The van der Waals surface area contributed by atoms with Gasteiger partial charge < -0.3 is 13.9 Å². The summed E-state index contributed by atoms with van der Waals surface area (Å²) in [5, 5.41) is 0. The molecule has 17 heavy (non-hydrogen) atoms. The Morgan fingerprint density at radius 1 is 1.41 bits per heavy atom. The maximum Gasteiger partial charge on any atom is 0.373 e. The second-order valence-electron chi connectivity index (χ2n) is 4.02. The molecule has 0 bridgehead atoms. The van der Waals surface area contributed by atoms with E-state index in [2.05, 4.69) is 16.6 Å². The van der Waals surface area contributed by atoms with Gasteiger partial charge in [0.15, 0.2) is 0 Å². The van der Waals surface area contributed by atoms with Crippen LogP contribution in [0.1, 0.15) is 29.3 Å². The van der Waals surface area contributed by atoms with E-state index in [4.69, 9.17) is 9.15 Å². The summed E-state index contributed by atoms with van der Waals surface area (Å²) in [4.78, 5) is 13.5. The SMILES string of the molecule is COC(=O)c1ccc(C(C)N2CCOCC2)o1. The highest BCUT2D eigenvalue weighted by Crippen LogP contribution is 2.23. The Morgan fingerprint density at radius 2 is 2.12 bits per heavy atom. The number of carbonyl (C=O) groups is 1. The first-order chi connectivity index (χ1) is 8.22. The van der Waals surface area contributed by atoms with Gasteiger partial charge in [0.2, 0.25) is 5.76 Å². The molecule has 1 aromatic rings. The molecular formula is C12H17NO4. The van der Waals surface area contributed by atoms with Crippen LogP contribution in [-0.4, -0.2) is 44.3 Å². The summed E-state index contributed by atoms with van der Waals surface area (Å²) in [7, 11) is 1.34. The number of methoxy groups -OCH3 is 1. The summed E-state index contributed by atoms with van der Waals surface area (Å²) >= 11 is 0. The number of morpholine rings is 1. The second-order valence-corrected chi connectivity index (χ2v) is 4.02. The lowest BCUT2D eigenvalue weighted by atomic mass is 10.2. The second kappa shape index (κ2) is 5.33. The lowest BCUT2D eigenvalue weighted by molar-refractivity contribution is 0.0151. The first-order valence-corrected chi connectivity index (χ1v) is 5.72. The number of hydrogen-bond donors (Lipinski definition) is 0. The Balaban J connectivity index is 2.05. The van der Waals surface area contributed by atoms with Gasteiger partial charge in [0.25, 0.3) is 0 Å². The minimum Gasteiger partial charge on any atom is -0.463 e. The maximum absolute atomic E-state index is 11.3. The smallest absolute Gasteiger partial charge is 0.373 e. The highest BCUT2D eigenvalue weighted by atomic mass is 16.5. The Hall–Kier alpha value is -1.33. The number of esters is 1. The molecule has 2 rings (SSSR count). The molecule has 94 valence electrons. The van der Waals surface area contributed by atoms with Crippen LogP contribution in [0.15, 0.2) is 16.5 Å². The lowest BCUT2D eigenvalue weighted by Crippen LogP contribution is -2.37. The van der Waals surface area contributed by atoms with Crippen molar-refractivity contribution in [3.63, 3.8) is 0 Å². The third kappa shape index (κ3) is 2.68. The zero-order valence-corrected chi connectivity index (χ0v) is 10.1. The maximum atomic E-state index is 11.3. The highest BCUT2D eigenvalue weighted by molar-refractivity contribution is 5.86. The minimum atomic E-state index is -0.439. The first-order valence-electron chi connectivity index (χ1n) is 5.72. The van der Waals surface area contributed by atoms with E-state index in [9.17, 15) is 4.79 Å². The van der Waals surface area contributed by atoms with Crippen LogP contribution >= 0.6 is 0 Å². The van der Waals surface area contributed by atoms with Gasteiger partial charge in [-0.05, 0) is 19.1 Å². The Morgan fingerprint density at radius 3 is 2.76 bits per heavy atom. The average molecular weight is 239 g/mol. The third-order valence-electron chi connectivity index (χ3n) is 3.02. The van der Waals surface area contributed by atoms with Crippen molar-refractivity contribution in [3.05, 3.63) is 23.7 Å². The van der Waals surface area contributed by atoms with Crippen molar-refractivity contribution in [2.24, 2.45) is 0 Å². The van der Waals surface area contributed by atoms with Gasteiger partial charge in [-0.3, -0.25) is 4.90 Å². The molecule has 1 unspecified atom stereocenters. The Kier molecular flexibility index (Phi) is 3.81. The summed E-state index contributed by atoms with van der Waals surface area (Å²) in [5.74, 6) is 0.598. The summed E-state index contributed by atoms with van der Waals surface area (Å²) < 4.78 is 15.4. The standard InChI is InChI=1S/C12H17NO4/c1-9(13-5-7-16-8-6-13)10-3-4-11(17-10)12(14)15-2/h3-4,9H,5-8H2,1-2H3. The molecule has 2 heterocycles. The molecule has 0 aromatic carbocycles. The molecule has 1 atom stereocenters. The van der Waals surface area contributed by atoms with Crippen molar-refractivity contribution in [1.82, 2.24) is 4.90 Å². The molecule has 1 aliphatic heterocycles. The minimum absolute atomic E-state index is 0.150. The molecule has 1 aliphatic rings. The first kappa shape index (κ1) is 12.1. The van der Waals surface area contributed by atoms with Crippen LogP contribution in [0.4, 0.5) is 0 Å². The van der Waals surface area contributed by atoms with E-state index in [1.54, 1.807) is 6.07 Å². The van der Waals surface area contributed by atoms with E-state index in [0.717, 1.165) is 32.1 Å². The zero-order valence-electron chi connectivity index (χ0n) is 10.1. The molecule has 1 aromatic heterocycles. The monoisotopic (exact) mass is 239 g/mol. The molecule has 0 N–H and O–H groups in total. The van der Waals surface area contributed by atoms with Gasteiger partial charge in [-0.15, -0.1) is 0 Å². The topological polar surface area (TPSA) is 51.9 Å². The average Bonchev–Trinajstić information content (AvgIpc) is 2.87. The van der Waals surface area contributed by atoms with Gasteiger partial charge >= 0.3 is 5.97 Å². The molecule has 0 radical (unpaired) electrons. The van der Waals surface area contributed by atoms with Gasteiger partial charge in [-0.25, -0.2) is 4.79 Å². The predicted octanol–water partition coefficient (Wildman–Crippen LogP) is 1.46. The molecule has 5 nitrogen and oxygen atoms in total. The van der Waals surface area contributed by atoms with Gasteiger partial charge in [-0.2, -0.15) is 0 Å². The summed E-state index contributed by atoms with van der Waals surface area (Å²) in [6.07, 6.45) is 0. The van der Waals surface area contributed by atoms with E-state index in [0.29, 0.717) is 0 Å². The van der Waals surface area contributed by atoms with Crippen LogP contribution in [0.25, 0.3) is 0 Å². The van der Waals surface area contributed by atoms with Crippen LogP contribution in [0.2, 0.25) is 0 Å². The van der Waals surface area contributed by atoms with Crippen molar-refractivity contribution in [3.8, 4) is 0 Å². The molecule has 1 saturated heterocycles. The van der Waals surface area contributed by atoms with E-state index in [1.807, 2.05) is 6.07 Å². The number of hydrogen-bond acceptors (Lipinski definition) is 5. The highest BCUT2D eigenvalue weighted by Gasteiger charge is 2.22.